The van der Waals surface area contributed by atoms with Crippen molar-refractivity contribution in [2.75, 3.05) is 0 Å². The van der Waals surface area contributed by atoms with Gasteiger partial charge in [0.2, 0.25) is 17.7 Å². The van der Waals surface area contributed by atoms with Crippen LogP contribution in [0, 0.1) is 5.92 Å². The maximum absolute atomic E-state index is 12.4. The zero-order chi connectivity index (χ0) is 17.4. The SMILES string of the molecule is CC(=O)N[C@H](CC(C)C)C(=O)N[C@H](Cc1ccccc1)C(N)=O. The summed E-state index contributed by atoms with van der Waals surface area (Å²) < 4.78 is 0. The molecule has 0 heterocycles. The Morgan fingerprint density at radius 2 is 1.65 bits per heavy atom. The Balaban J connectivity index is 2.78. The van der Waals surface area contributed by atoms with E-state index in [1.807, 2.05) is 44.2 Å². The van der Waals surface area contributed by atoms with E-state index >= 15 is 0 Å². The fourth-order valence-corrected chi connectivity index (χ4v) is 2.29. The molecule has 2 atom stereocenters. The van der Waals surface area contributed by atoms with E-state index < -0.39 is 23.9 Å². The van der Waals surface area contributed by atoms with Crippen molar-refractivity contribution in [1.82, 2.24) is 10.6 Å². The van der Waals surface area contributed by atoms with Crippen LogP contribution in [-0.2, 0) is 20.8 Å². The summed E-state index contributed by atoms with van der Waals surface area (Å²) in [7, 11) is 0. The molecule has 1 aromatic carbocycles. The molecule has 126 valence electrons. The summed E-state index contributed by atoms with van der Waals surface area (Å²) in [6, 6.07) is 7.82. The van der Waals surface area contributed by atoms with Crippen molar-refractivity contribution in [1.29, 1.82) is 0 Å². The second-order valence-electron chi connectivity index (χ2n) is 6.04. The number of nitrogens with one attached hydrogen (secondary N) is 2. The normalized spacial score (nSPS) is 13.2. The first kappa shape index (κ1) is 18.7. The van der Waals surface area contributed by atoms with Crippen LogP contribution in [0.2, 0.25) is 0 Å². The van der Waals surface area contributed by atoms with Crippen LogP contribution >= 0.6 is 0 Å². The van der Waals surface area contributed by atoms with Crippen molar-refractivity contribution >= 4 is 17.7 Å². The first-order valence-corrected chi connectivity index (χ1v) is 7.70. The average Bonchev–Trinajstić information content (AvgIpc) is 2.45. The third kappa shape index (κ3) is 6.95. The number of hydrogen-bond acceptors (Lipinski definition) is 3. The molecule has 0 aliphatic heterocycles. The van der Waals surface area contributed by atoms with Gasteiger partial charge in [0.1, 0.15) is 12.1 Å². The van der Waals surface area contributed by atoms with Crippen molar-refractivity contribution in [2.45, 2.75) is 45.7 Å². The minimum absolute atomic E-state index is 0.221. The number of benzene rings is 1. The molecule has 6 nitrogen and oxygen atoms in total. The van der Waals surface area contributed by atoms with E-state index in [2.05, 4.69) is 10.6 Å². The second kappa shape index (κ2) is 8.92. The Hall–Kier alpha value is -2.37. The van der Waals surface area contributed by atoms with E-state index in [4.69, 9.17) is 5.73 Å². The van der Waals surface area contributed by atoms with E-state index in [0.29, 0.717) is 12.8 Å². The van der Waals surface area contributed by atoms with Crippen LogP contribution in [0.25, 0.3) is 0 Å². The quantitative estimate of drug-likeness (QED) is 0.659. The molecule has 0 aliphatic carbocycles. The van der Waals surface area contributed by atoms with Crippen molar-refractivity contribution < 1.29 is 14.4 Å². The smallest absolute Gasteiger partial charge is 0.243 e. The van der Waals surface area contributed by atoms with E-state index in [1.54, 1.807) is 0 Å². The fraction of sp³-hybridized carbons (Fsp3) is 0.471. The molecule has 3 amide bonds. The average molecular weight is 319 g/mol. The molecule has 0 aliphatic rings. The van der Waals surface area contributed by atoms with E-state index in [0.717, 1.165) is 5.56 Å². The minimum atomic E-state index is -0.812. The maximum Gasteiger partial charge on any atom is 0.243 e. The molecule has 4 N–H and O–H groups in total. The number of hydrogen-bond donors (Lipinski definition) is 3. The summed E-state index contributed by atoms with van der Waals surface area (Å²) in [5.74, 6) is -1.06. The van der Waals surface area contributed by atoms with Gasteiger partial charge in [0.15, 0.2) is 0 Å². The predicted molar refractivity (Wildman–Crippen MR) is 88.3 cm³/mol. The number of nitrogens with two attached hydrogens (primary N) is 1. The van der Waals surface area contributed by atoms with Crippen LogP contribution in [0.3, 0.4) is 0 Å². The van der Waals surface area contributed by atoms with Crippen molar-refractivity contribution in [2.24, 2.45) is 11.7 Å². The van der Waals surface area contributed by atoms with Crippen molar-refractivity contribution in [3.63, 3.8) is 0 Å². The van der Waals surface area contributed by atoms with E-state index in [1.165, 1.54) is 6.92 Å². The highest BCUT2D eigenvalue weighted by Crippen LogP contribution is 2.07. The van der Waals surface area contributed by atoms with E-state index in [9.17, 15) is 14.4 Å². The van der Waals surface area contributed by atoms with Crippen LogP contribution in [0.1, 0.15) is 32.8 Å². The lowest BCUT2D eigenvalue weighted by molar-refractivity contribution is -0.131. The zero-order valence-corrected chi connectivity index (χ0v) is 13.8. The number of primary amides is 1. The van der Waals surface area contributed by atoms with Gasteiger partial charge in [0, 0.05) is 13.3 Å². The Kier molecular flexibility index (Phi) is 7.25. The van der Waals surface area contributed by atoms with E-state index in [-0.39, 0.29) is 11.8 Å². The Morgan fingerprint density at radius 3 is 2.13 bits per heavy atom. The molecule has 0 fully saturated rings. The Morgan fingerprint density at radius 1 is 1.04 bits per heavy atom. The lowest BCUT2D eigenvalue weighted by atomic mass is 10.0. The number of carbonyl (C=O) groups is 3. The summed E-state index contributed by atoms with van der Waals surface area (Å²) in [5.41, 5.74) is 6.29. The monoisotopic (exact) mass is 319 g/mol. The molecule has 1 aromatic rings. The van der Waals surface area contributed by atoms with Gasteiger partial charge in [-0.15, -0.1) is 0 Å². The van der Waals surface area contributed by atoms with Gasteiger partial charge in [-0.3, -0.25) is 14.4 Å². The largest absolute Gasteiger partial charge is 0.368 e. The molecular weight excluding hydrogens is 294 g/mol. The first-order valence-electron chi connectivity index (χ1n) is 7.70. The molecule has 0 saturated carbocycles. The van der Waals surface area contributed by atoms with Gasteiger partial charge in [-0.2, -0.15) is 0 Å². The highest BCUT2D eigenvalue weighted by atomic mass is 16.2. The molecule has 23 heavy (non-hydrogen) atoms. The molecule has 1 rings (SSSR count). The Bertz CT molecular complexity index is 543. The summed E-state index contributed by atoms with van der Waals surface area (Å²) in [4.78, 5) is 35.3. The molecule has 6 heteroatoms. The lowest BCUT2D eigenvalue weighted by Gasteiger charge is -2.22. The lowest BCUT2D eigenvalue weighted by Crippen LogP contribution is -2.53. The Labute approximate surface area is 136 Å². The molecule has 0 aromatic heterocycles. The first-order chi connectivity index (χ1) is 10.8. The van der Waals surface area contributed by atoms with Gasteiger partial charge in [0.05, 0.1) is 0 Å². The van der Waals surface area contributed by atoms with Gasteiger partial charge < -0.3 is 16.4 Å². The molecular formula is C17H25N3O3. The van der Waals surface area contributed by atoms with Crippen LogP contribution in [0.5, 0.6) is 0 Å². The number of carbonyl (C=O) groups excluding carboxylic acids is 3. The van der Waals surface area contributed by atoms with Crippen LogP contribution in [-0.4, -0.2) is 29.8 Å². The zero-order valence-electron chi connectivity index (χ0n) is 13.8. The predicted octanol–water partition coefficient (Wildman–Crippen LogP) is 0.750. The summed E-state index contributed by atoms with van der Waals surface area (Å²) in [5, 5.41) is 5.26. The highest BCUT2D eigenvalue weighted by Gasteiger charge is 2.25. The molecule has 0 radical (unpaired) electrons. The number of rotatable bonds is 8. The van der Waals surface area contributed by atoms with Gasteiger partial charge in [0.25, 0.3) is 0 Å². The van der Waals surface area contributed by atoms with Crippen molar-refractivity contribution in [3.05, 3.63) is 35.9 Å². The molecule has 0 saturated heterocycles. The summed E-state index contributed by atoms with van der Waals surface area (Å²) in [6.07, 6.45) is 0.804. The van der Waals surface area contributed by atoms with Crippen LogP contribution in [0.15, 0.2) is 30.3 Å². The molecule has 0 spiro atoms. The minimum Gasteiger partial charge on any atom is -0.368 e. The molecule has 0 bridgehead atoms. The molecule has 0 unspecified atom stereocenters. The van der Waals surface area contributed by atoms with Crippen LogP contribution in [0.4, 0.5) is 0 Å². The second-order valence-corrected chi connectivity index (χ2v) is 6.04. The summed E-state index contributed by atoms with van der Waals surface area (Å²) in [6.45, 7) is 5.27. The van der Waals surface area contributed by atoms with Gasteiger partial charge in [-0.25, -0.2) is 0 Å². The fourth-order valence-electron chi connectivity index (χ4n) is 2.29. The van der Waals surface area contributed by atoms with Crippen molar-refractivity contribution in [3.8, 4) is 0 Å². The van der Waals surface area contributed by atoms with Gasteiger partial charge in [-0.05, 0) is 17.9 Å². The highest BCUT2D eigenvalue weighted by molar-refractivity contribution is 5.91. The summed E-state index contributed by atoms with van der Waals surface area (Å²) >= 11 is 0. The maximum atomic E-state index is 12.4. The van der Waals surface area contributed by atoms with Crippen LogP contribution < -0.4 is 16.4 Å². The third-order valence-electron chi connectivity index (χ3n) is 3.34. The van der Waals surface area contributed by atoms with Gasteiger partial charge in [-0.1, -0.05) is 44.2 Å². The topological polar surface area (TPSA) is 101 Å². The number of amides is 3. The standard InChI is InChI=1S/C17H25N3O3/c1-11(2)9-15(19-12(3)21)17(23)20-14(16(18)22)10-13-7-5-4-6-8-13/h4-8,11,14-15H,9-10H2,1-3H3,(H2,18,22)(H,19,21)(H,20,23)/t14-,15-/m1/s1. The van der Waals surface area contributed by atoms with Gasteiger partial charge >= 0.3 is 0 Å². The third-order valence-corrected chi connectivity index (χ3v) is 3.34.